The van der Waals surface area contributed by atoms with Crippen LogP contribution in [-0.2, 0) is 29.2 Å². The molecule has 0 radical (unpaired) electrons. The molecule has 0 fully saturated rings. The number of nitrogens with one attached hydrogen (secondary N) is 2. The van der Waals surface area contributed by atoms with Crippen LogP contribution in [0.15, 0.2) is 34.4 Å². The van der Waals surface area contributed by atoms with Crippen molar-refractivity contribution in [2.75, 3.05) is 20.2 Å². The molecule has 6 N–H and O–H groups in total. The number of aliphatic hydroxyl groups excluding tert-OH is 2. The number of pyridine rings is 2. The third-order valence-corrected chi connectivity index (χ3v) is 7.08. The molecule has 1 atom stereocenters. The molecule has 0 spiro atoms. The molecule has 2 aromatic heterocycles. The van der Waals surface area contributed by atoms with Crippen molar-refractivity contribution < 1.29 is 19.7 Å². The normalized spacial score (nSPS) is 16.8. The fourth-order valence-electron chi connectivity index (χ4n) is 4.93. The summed E-state index contributed by atoms with van der Waals surface area (Å²) in [6.45, 7) is 4.78. The lowest BCUT2D eigenvalue weighted by Gasteiger charge is -2.21. The van der Waals surface area contributed by atoms with Gasteiger partial charge in [-0.25, -0.2) is 9.78 Å². The van der Waals surface area contributed by atoms with Gasteiger partial charge in [0.1, 0.15) is 6.61 Å². The van der Waals surface area contributed by atoms with Crippen LogP contribution < -0.4 is 21.9 Å². The quantitative estimate of drug-likeness (QED) is 0.244. The van der Waals surface area contributed by atoms with Gasteiger partial charge in [-0.05, 0) is 55.8 Å². The van der Waals surface area contributed by atoms with Crippen molar-refractivity contribution in [3.8, 4) is 11.4 Å². The van der Waals surface area contributed by atoms with Crippen LogP contribution in [0.3, 0.4) is 0 Å². The third-order valence-electron chi connectivity index (χ3n) is 7.08. The molecule has 188 valence electrons. The Labute approximate surface area is 207 Å². The Hall–Kier alpha value is -3.73. The lowest BCUT2D eigenvalue weighted by molar-refractivity contribution is -0.157. The van der Waals surface area contributed by atoms with Gasteiger partial charge in [0.05, 0.1) is 41.3 Å². The topological polar surface area (TPSA) is 152 Å². The van der Waals surface area contributed by atoms with E-state index in [0.29, 0.717) is 42.4 Å². The van der Waals surface area contributed by atoms with Gasteiger partial charge in [-0.15, -0.1) is 0 Å². The number of carbonyl (C=O) groups excluding carboxylic acids is 1. The number of carbonyl (C=O) groups is 1. The van der Waals surface area contributed by atoms with Gasteiger partial charge in [0.15, 0.2) is 6.10 Å². The minimum Gasteiger partial charge on any atom is -0.458 e. The molecule has 1 aromatic carbocycles. The van der Waals surface area contributed by atoms with Gasteiger partial charge in [-0.3, -0.25) is 4.79 Å². The summed E-state index contributed by atoms with van der Waals surface area (Å²) < 4.78 is 6.62. The smallest absolute Gasteiger partial charge is 0.340 e. The van der Waals surface area contributed by atoms with Crippen LogP contribution in [0, 0.1) is 13.8 Å². The number of benzene rings is 1. The number of rotatable bonds is 6. The summed E-state index contributed by atoms with van der Waals surface area (Å²) in [6, 6.07) is 5.80. The fourth-order valence-corrected chi connectivity index (χ4v) is 4.93. The summed E-state index contributed by atoms with van der Waals surface area (Å²) >= 11 is 0. The molecule has 0 amide bonds. The van der Waals surface area contributed by atoms with Crippen LogP contribution in [0.25, 0.3) is 22.3 Å². The van der Waals surface area contributed by atoms with Gasteiger partial charge in [0, 0.05) is 35.3 Å². The summed E-state index contributed by atoms with van der Waals surface area (Å²) in [4.78, 5) is 30.3. The summed E-state index contributed by atoms with van der Waals surface area (Å²) in [5, 5.41) is 27.3. The number of aliphatic hydroxyl groups is 2. The van der Waals surface area contributed by atoms with Gasteiger partial charge < -0.3 is 35.9 Å². The Balaban J connectivity index is 1.71. The summed E-state index contributed by atoms with van der Waals surface area (Å²) in [5.41, 5.74) is 13.3. The highest BCUT2D eigenvalue weighted by Gasteiger charge is 2.34. The Kier molecular flexibility index (Phi) is 6.03. The molecular weight excluding hydrogens is 462 g/mol. The molecule has 0 saturated heterocycles. The lowest BCUT2D eigenvalue weighted by Crippen LogP contribution is -2.32. The number of cyclic esters (lactones) is 1. The highest BCUT2D eigenvalue weighted by molar-refractivity contribution is 5.89. The maximum atomic E-state index is 13.4. The Morgan fingerprint density at radius 2 is 1.97 bits per heavy atom. The first-order valence-corrected chi connectivity index (χ1v) is 11.8. The summed E-state index contributed by atoms with van der Waals surface area (Å²) in [7, 11) is 1.80. The van der Waals surface area contributed by atoms with Gasteiger partial charge in [0.25, 0.3) is 5.56 Å². The van der Waals surface area contributed by atoms with Gasteiger partial charge in [0.2, 0.25) is 0 Å². The summed E-state index contributed by atoms with van der Waals surface area (Å²) in [6.07, 6.45) is -1.50. The molecule has 4 heterocycles. The first-order valence-electron chi connectivity index (χ1n) is 11.8. The zero-order chi connectivity index (χ0) is 25.7. The number of aryl methyl sites for hydroxylation is 2. The Bertz CT molecular complexity index is 1510. The second kappa shape index (κ2) is 9.05. The van der Waals surface area contributed by atoms with E-state index < -0.39 is 12.1 Å². The highest BCUT2D eigenvalue weighted by atomic mass is 16.5. The lowest BCUT2D eigenvalue weighted by atomic mass is 9.96. The van der Waals surface area contributed by atoms with Crippen molar-refractivity contribution in [3.05, 3.63) is 73.3 Å². The summed E-state index contributed by atoms with van der Waals surface area (Å²) in [5.74, 6) is -0.766. The number of nitrogens with two attached hydrogens (primary N) is 1. The maximum absolute atomic E-state index is 13.4. The van der Waals surface area contributed by atoms with Crippen molar-refractivity contribution in [1.29, 1.82) is 0 Å². The number of ether oxygens (including phenoxy) is 1. The van der Waals surface area contributed by atoms with E-state index in [1.807, 2.05) is 19.9 Å². The van der Waals surface area contributed by atoms with E-state index >= 15 is 0 Å². The van der Waals surface area contributed by atoms with Crippen LogP contribution in [0.4, 0.5) is 0 Å². The minimum atomic E-state index is -1.50. The SMILES string of the molecule is CNC/C(NCc1c2c(nc3cc(C)c(C)cc13)-c1cc3c(c(=O)n1C2)COC(=O)C3O)=C(/N)CO. The number of hydrogen-bond acceptors (Lipinski definition) is 9. The van der Waals surface area contributed by atoms with E-state index in [9.17, 15) is 19.8 Å². The van der Waals surface area contributed by atoms with Crippen molar-refractivity contribution >= 4 is 16.9 Å². The molecule has 36 heavy (non-hydrogen) atoms. The molecule has 10 heteroatoms. The van der Waals surface area contributed by atoms with Gasteiger partial charge >= 0.3 is 5.97 Å². The number of hydrogen-bond donors (Lipinski definition) is 5. The third kappa shape index (κ3) is 3.74. The average molecular weight is 492 g/mol. The minimum absolute atomic E-state index is 0.165. The monoisotopic (exact) mass is 491 g/mol. The number of fused-ring (bicyclic) bond motifs is 5. The molecule has 2 aliphatic rings. The Morgan fingerprint density at radius 1 is 1.22 bits per heavy atom. The first kappa shape index (κ1) is 24.0. The predicted octanol–water partition coefficient (Wildman–Crippen LogP) is 0.604. The number of nitrogens with zero attached hydrogens (tertiary/aromatic N) is 2. The standard InChI is InChI=1S/C26H29N5O5/c1-12-4-14-16(7-29-21(8-28-3)19(27)10-32)17-9-31-22(23(17)30-20(14)5-13(12)2)6-15-18(25(31)34)11-36-26(35)24(15)33/h4-6,24,28-29,32-33H,7-11,27H2,1-3H3/b21-19-. The van der Waals surface area contributed by atoms with E-state index in [4.69, 9.17) is 15.5 Å². The number of esters is 1. The van der Waals surface area contributed by atoms with Crippen molar-refractivity contribution in [2.45, 2.75) is 39.6 Å². The van der Waals surface area contributed by atoms with Crippen molar-refractivity contribution in [1.82, 2.24) is 20.2 Å². The van der Waals surface area contributed by atoms with Gasteiger partial charge in [-0.1, -0.05) is 0 Å². The van der Waals surface area contributed by atoms with E-state index in [1.165, 1.54) is 0 Å². The molecule has 2 aliphatic heterocycles. The van der Waals surface area contributed by atoms with E-state index in [0.717, 1.165) is 33.2 Å². The molecule has 3 aromatic rings. The zero-order valence-corrected chi connectivity index (χ0v) is 20.4. The largest absolute Gasteiger partial charge is 0.458 e. The fraction of sp³-hybridized carbons (Fsp3) is 0.346. The predicted molar refractivity (Wildman–Crippen MR) is 134 cm³/mol. The maximum Gasteiger partial charge on any atom is 0.340 e. The van der Waals surface area contributed by atoms with Crippen LogP contribution in [0.2, 0.25) is 0 Å². The first-order chi connectivity index (χ1) is 17.2. The second-order valence-corrected chi connectivity index (χ2v) is 9.28. The molecule has 0 aliphatic carbocycles. The van der Waals surface area contributed by atoms with Crippen molar-refractivity contribution in [3.63, 3.8) is 0 Å². The van der Waals surface area contributed by atoms with E-state index in [1.54, 1.807) is 17.7 Å². The van der Waals surface area contributed by atoms with E-state index in [2.05, 4.69) is 16.7 Å². The molecule has 0 bridgehead atoms. The van der Waals surface area contributed by atoms with Crippen LogP contribution in [-0.4, -0.2) is 45.9 Å². The second-order valence-electron chi connectivity index (χ2n) is 9.28. The molecule has 5 rings (SSSR count). The van der Waals surface area contributed by atoms with E-state index in [-0.39, 0.29) is 29.9 Å². The molecule has 0 saturated carbocycles. The van der Waals surface area contributed by atoms with Crippen molar-refractivity contribution in [2.24, 2.45) is 5.73 Å². The number of likely N-dealkylation sites (N-methyl/N-ethyl adjacent to an activating group) is 1. The Morgan fingerprint density at radius 3 is 2.69 bits per heavy atom. The molecule has 1 unspecified atom stereocenters. The molecular formula is C26H29N5O5. The van der Waals surface area contributed by atoms with Crippen LogP contribution in [0.1, 0.15) is 39.5 Å². The van der Waals surface area contributed by atoms with Crippen LogP contribution in [0.5, 0.6) is 0 Å². The van der Waals surface area contributed by atoms with Crippen LogP contribution >= 0.6 is 0 Å². The average Bonchev–Trinajstić information content (AvgIpc) is 3.22. The number of aromatic nitrogens is 2. The van der Waals surface area contributed by atoms with Gasteiger partial charge in [-0.2, -0.15) is 0 Å². The highest BCUT2D eigenvalue weighted by Crippen LogP contribution is 2.38. The zero-order valence-electron chi connectivity index (χ0n) is 20.4. The molecule has 10 nitrogen and oxygen atoms in total.